The van der Waals surface area contributed by atoms with Gasteiger partial charge in [0.2, 0.25) is 0 Å². The lowest BCUT2D eigenvalue weighted by Gasteiger charge is -2.10. The number of halogens is 1. The van der Waals surface area contributed by atoms with Gasteiger partial charge in [-0.25, -0.2) is 4.79 Å². The second kappa shape index (κ2) is 6.29. The van der Waals surface area contributed by atoms with Crippen LogP contribution in [-0.2, 0) is 0 Å². The Labute approximate surface area is 142 Å². The summed E-state index contributed by atoms with van der Waals surface area (Å²) in [5.74, 6) is -1.29. The summed E-state index contributed by atoms with van der Waals surface area (Å²) in [6.07, 6.45) is 0. The summed E-state index contributed by atoms with van der Waals surface area (Å²) >= 11 is 5.88. The van der Waals surface area contributed by atoms with E-state index in [0.29, 0.717) is 22.0 Å². The monoisotopic (exact) mass is 340 g/mol. The molecule has 0 amide bonds. The summed E-state index contributed by atoms with van der Waals surface area (Å²) in [4.78, 5) is 23.9. The van der Waals surface area contributed by atoms with Crippen LogP contribution in [0.1, 0.15) is 15.9 Å². The van der Waals surface area contributed by atoms with Gasteiger partial charge in [-0.2, -0.15) is 9.78 Å². The minimum atomic E-state index is -1.29. The molecule has 2 aromatic carbocycles. The van der Waals surface area contributed by atoms with Crippen LogP contribution in [0.2, 0.25) is 5.02 Å². The predicted molar refractivity (Wildman–Crippen MR) is 92.0 cm³/mol. The second-order valence-corrected chi connectivity index (χ2v) is 5.75. The minimum absolute atomic E-state index is 0.337. The van der Waals surface area contributed by atoms with Gasteiger partial charge >= 0.3 is 5.97 Å². The largest absolute Gasteiger partial charge is 0.477 e. The van der Waals surface area contributed by atoms with Gasteiger partial charge in [0.15, 0.2) is 0 Å². The topological polar surface area (TPSA) is 72.2 Å². The van der Waals surface area contributed by atoms with Gasteiger partial charge < -0.3 is 5.11 Å². The summed E-state index contributed by atoms with van der Waals surface area (Å²) in [7, 11) is 0. The maximum atomic E-state index is 12.5. The lowest BCUT2D eigenvalue weighted by Crippen LogP contribution is -2.27. The molecule has 1 aromatic heterocycles. The van der Waals surface area contributed by atoms with Crippen molar-refractivity contribution in [3.8, 4) is 16.9 Å². The van der Waals surface area contributed by atoms with Gasteiger partial charge in [0, 0.05) is 10.6 Å². The van der Waals surface area contributed by atoms with Crippen molar-refractivity contribution in [1.29, 1.82) is 0 Å². The molecule has 5 nitrogen and oxygen atoms in total. The lowest BCUT2D eigenvalue weighted by molar-refractivity contribution is 0.0694. The molecular formula is C18H13ClN2O3. The Morgan fingerprint density at radius 1 is 1.12 bits per heavy atom. The highest BCUT2D eigenvalue weighted by Gasteiger charge is 2.16. The number of rotatable bonds is 3. The molecule has 0 fully saturated rings. The summed E-state index contributed by atoms with van der Waals surface area (Å²) in [6.45, 7) is 1.88. The average molecular weight is 341 g/mol. The molecule has 6 heteroatoms. The number of carboxylic acids is 1. The van der Waals surface area contributed by atoms with Crippen LogP contribution >= 0.6 is 11.6 Å². The molecule has 1 N–H and O–H groups in total. The van der Waals surface area contributed by atoms with Crippen LogP contribution in [0, 0.1) is 6.92 Å². The molecule has 0 atom stereocenters. The van der Waals surface area contributed by atoms with Crippen molar-refractivity contribution in [3.05, 3.63) is 81.1 Å². The van der Waals surface area contributed by atoms with E-state index in [2.05, 4.69) is 5.10 Å². The molecular weight excluding hydrogens is 328 g/mol. The number of hydrogen-bond acceptors (Lipinski definition) is 3. The summed E-state index contributed by atoms with van der Waals surface area (Å²) in [5, 5.41) is 14.2. The quantitative estimate of drug-likeness (QED) is 0.791. The number of aromatic nitrogens is 2. The Morgan fingerprint density at radius 2 is 1.83 bits per heavy atom. The van der Waals surface area contributed by atoms with E-state index in [1.165, 1.54) is 6.07 Å². The molecule has 0 saturated carbocycles. The first-order valence-electron chi connectivity index (χ1n) is 7.16. The van der Waals surface area contributed by atoms with Gasteiger partial charge in [-0.1, -0.05) is 35.9 Å². The number of aromatic carboxylic acids is 1. The van der Waals surface area contributed by atoms with Crippen LogP contribution in [0.3, 0.4) is 0 Å². The van der Waals surface area contributed by atoms with Gasteiger partial charge in [-0.15, -0.1) is 0 Å². The molecule has 120 valence electrons. The minimum Gasteiger partial charge on any atom is -0.477 e. The fraction of sp³-hybridized carbons (Fsp3) is 0.0556. The Balaban J connectivity index is 2.27. The standard InChI is InChI=1S/C18H13ClN2O3/c1-11-3-2-4-14(9-11)21-17(22)15(18(23)24)10-16(20-21)12-5-7-13(19)8-6-12/h2-10H,1H3,(H,23,24). The van der Waals surface area contributed by atoms with E-state index in [-0.39, 0.29) is 5.56 Å². The first-order valence-corrected chi connectivity index (χ1v) is 7.54. The van der Waals surface area contributed by atoms with Crippen LogP contribution in [-0.4, -0.2) is 20.9 Å². The van der Waals surface area contributed by atoms with Crippen molar-refractivity contribution >= 4 is 17.6 Å². The number of carbonyl (C=O) groups is 1. The maximum absolute atomic E-state index is 12.5. The number of aryl methyl sites for hydroxylation is 1. The summed E-state index contributed by atoms with van der Waals surface area (Å²) in [6, 6.07) is 15.2. The molecule has 0 bridgehead atoms. The van der Waals surface area contributed by atoms with Crippen LogP contribution in [0.5, 0.6) is 0 Å². The molecule has 0 saturated heterocycles. The number of hydrogen-bond donors (Lipinski definition) is 1. The lowest BCUT2D eigenvalue weighted by atomic mass is 10.1. The van der Waals surface area contributed by atoms with Gasteiger partial charge in [0.25, 0.3) is 5.56 Å². The van der Waals surface area contributed by atoms with E-state index in [1.54, 1.807) is 42.5 Å². The van der Waals surface area contributed by atoms with Crippen molar-refractivity contribution in [3.63, 3.8) is 0 Å². The first kappa shape index (κ1) is 16.0. The molecule has 0 radical (unpaired) electrons. The number of carboxylic acid groups (broad SMARTS) is 1. The van der Waals surface area contributed by atoms with Gasteiger partial charge in [-0.05, 0) is 42.8 Å². The van der Waals surface area contributed by atoms with Crippen LogP contribution in [0.4, 0.5) is 0 Å². The van der Waals surface area contributed by atoms with Crippen molar-refractivity contribution < 1.29 is 9.90 Å². The van der Waals surface area contributed by atoms with Gasteiger partial charge in [0.1, 0.15) is 5.56 Å². The van der Waals surface area contributed by atoms with E-state index in [9.17, 15) is 14.7 Å². The Morgan fingerprint density at radius 3 is 2.46 bits per heavy atom. The Kier molecular flexibility index (Phi) is 4.18. The van der Waals surface area contributed by atoms with Crippen molar-refractivity contribution in [1.82, 2.24) is 9.78 Å². The van der Waals surface area contributed by atoms with Gasteiger partial charge in [0.05, 0.1) is 11.4 Å². The Bertz CT molecular complexity index is 978. The van der Waals surface area contributed by atoms with Gasteiger partial charge in [-0.3, -0.25) is 4.79 Å². The summed E-state index contributed by atoms with van der Waals surface area (Å²) in [5.41, 5.74) is 1.49. The van der Waals surface area contributed by atoms with Crippen LogP contribution in [0.15, 0.2) is 59.4 Å². The first-order chi connectivity index (χ1) is 11.5. The molecule has 1 heterocycles. The highest BCUT2D eigenvalue weighted by molar-refractivity contribution is 6.30. The fourth-order valence-corrected chi connectivity index (χ4v) is 2.47. The molecule has 0 unspecified atom stereocenters. The van der Waals surface area contributed by atoms with Crippen molar-refractivity contribution in [2.24, 2.45) is 0 Å². The Hall–Kier alpha value is -2.92. The predicted octanol–water partition coefficient (Wildman–Crippen LogP) is 3.56. The van der Waals surface area contributed by atoms with E-state index in [0.717, 1.165) is 10.2 Å². The van der Waals surface area contributed by atoms with Crippen molar-refractivity contribution in [2.45, 2.75) is 6.92 Å². The highest BCUT2D eigenvalue weighted by Crippen LogP contribution is 2.20. The fourth-order valence-electron chi connectivity index (χ4n) is 2.34. The van der Waals surface area contributed by atoms with E-state index in [4.69, 9.17) is 11.6 Å². The van der Waals surface area contributed by atoms with Crippen molar-refractivity contribution in [2.75, 3.05) is 0 Å². The second-order valence-electron chi connectivity index (χ2n) is 5.31. The summed E-state index contributed by atoms with van der Waals surface area (Å²) < 4.78 is 1.11. The molecule has 3 rings (SSSR count). The van der Waals surface area contributed by atoms with Crippen LogP contribution < -0.4 is 5.56 Å². The average Bonchev–Trinajstić information content (AvgIpc) is 2.55. The third kappa shape index (κ3) is 3.07. The molecule has 24 heavy (non-hydrogen) atoms. The zero-order valence-corrected chi connectivity index (χ0v) is 13.5. The zero-order chi connectivity index (χ0) is 17.3. The third-order valence-electron chi connectivity index (χ3n) is 3.53. The molecule has 0 aliphatic rings. The molecule has 0 aliphatic heterocycles. The van der Waals surface area contributed by atoms with Crippen LogP contribution in [0.25, 0.3) is 16.9 Å². The smallest absolute Gasteiger partial charge is 0.341 e. The van der Waals surface area contributed by atoms with E-state index in [1.807, 2.05) is 13.0 Å². The molecule has 0 spiro atoms. The molecule has 0 aliphatic carbocycles. The highest BCUT2D eigenvalue weighted by atomic mass is 35.5. The number of nitrogens with zero attached hydrogens (tertiary/aromatic N) is 2. The zero-order valence-electron chi connectivity index (χ0n) is 12.7. The SMILES string of the molecule is Cc1cccc(-n2nc(-c3ccc(Cl)cc3)cc(C(=O)O)c2=O)c1. The number of benzene rings is 2. The third-order valence-corrected chi connectivity index (χ3v) is 3.78. The normalized spacial score (nSPS) is 10.6. The molecule has 3 aromatic rings. The van der Waals surface area contributed by atoms with E-state index >= 15 is 0 Å². The maximum Gasteiger partial charge on any atom is 0.341 e. The van der Waals surface area contributed by atoms with E-state index < -0.39 is 11.5 Å².